The number of aliphatic hydroxyl groups excluding tert-OH is 2. The molecule has 0 bridgehead atoms. The number of allylic oxidation sites excluding steroid dienone is 4. The number of phosphoric ester groups is 2. The van der Waals surface area contributed by atoms with Gasteiger partial charge in [-0.05, 0) is 92.2 Å². The summed E-state index contributed by atoms with van der Waals surface area (Å²) < 4.78 is 67.4. The number of rotatable bonds is 42. The van der Waals surface area contributed by atoms with Gasteiger partial charge in [0, 0.05) is 39.1 Å². The Balaban J connectivity index is 2.70. The monoisotopic (exact) mass is 1090 g/mol. The van der Waals surface area contributed by atoms with Crippen LogP contribution >= 0.6 is 15.6 Å². The average Bonchev–Trinajstić information content (AvgIpc) is 3.32. The van der Waals surface area contributed by atoms with Crippen LogP contribution in [0.15, 0.2) is 48.6 Å². The molecule has 74 heavy (non-hydrogen) atoms. The van der Waals surface area contributed by atoms with Gasteiger partial charge in [-0.15, -0.1) is 0 Å². The highest BCUT2D eigenvalue weighted by atomic mass is 31.2. The minimum absolute atomic E-state index is 0.0930. The molecule has 0 fully saturated rings. The van der Waals surface area contributed by atoms with E-state index in [1.807, 2.05) is 38.2 Å². The van der Waals surface area contributed by atoms with Crippen LogP contribution in [0.5, 0.6) is 0 Å². The van der Waals surface area contributed by atoms with Crippen LogP contribution in [0.3, 0.4) is 0 Å². The van der Waals surface area contributed by atoms with Crippen molar-refractivity contribution in [2.75, 3.05) is 65.9 Å². The maximum Gasteiger partial charge on any atom is 0.472 e. The number of unbranched alkanes of at least 4 members (excludes halogenated alkanes) is 2. The van der Waals surface area contributed by atoms with E-state index in [0.29, 0.717) is 25.7 Å². The summed E-state index contributed by atoms with van der Waals surface area (Å²) in [5.41, 5.74) is -0.186. The highest BCUT2D eigenvalue weighted by molar-refractivity contribution is 7.47. The van der Waals surface area contributed by atoms with E-state index in [1.165, 1.54) is 24.3 Å². The third kappa shape index (κ3) is 35.0. The lowest BCUT2D eigenvalue weighted by molar-refractivity contribution is -0.151. The molecule has 0 saturated heterocycles. The van der Waals surface area contributed by atoms with Crippen LogP contribution in [0.2, 0.25) is 0 Å². The molecule has 0 aromatic heterocycles. The Morgan fingerprint density at radius 1 is 0.581 bits per heavy atom. The fraction of sp³-hybridized carbons (Fsp3) is 0.667. The molecule has 0 aliphatic carbocycles. The number of nitrogens with one attached hydrogen (secondary N) is 4. The van der Waals surface area contributed by atoms with Crippen molar-refractivity contribution in [3.8, 4) is 0 Å². The lowest BCUT2D eigenvalue weighted by Gasteiger charge is -2.22. The van der Waals surface area contributed by atoms with Crippen molar-refractivity contribution >= 4 is 51.2 Å². The van der Waals surface area contributed by atoms with E-state index in [1.54, 1.807) is 27.7 Å². The molecule has 0 spiro atoms. The van der Waals surface area contributed by atoms with Gasteiger partial charge in [-0.25, -0.2) is 9.13 Å². The van der Waals surface area contributed by atoms with Gasteiger partial charge >= 0.3 is 27.6 Å². The molecule has 8 N–H and O–H groups in total. The summed E-state index contributed by atoms with van der Waals surface area (Å²) in [5.74, 6) is -3.54. The minimum atomic E-state index is -4.77. The van der Waals surface area contributed by atoms with Gasteiger partial charge in [0.2, 0.25) is 11.8 Å². The largest absolute Gasteiger partial charge is 0.472 e. The standard InChI is InChI=1S/C48H80N4O20P2/c1-7-9-11-13-19-45(57)71-37(5)29-43(55)51-39(31-65-25-21-35(3)53)33-69-73(61,62)67-27-23-49-47(59)41-17-15-16-18-42(41)48(60)50-24-28-68-74(63,64)70-34-40(32-66-26-22-36(4)54)52-44(56)30-38(6)72-46(58)20-14-12-10-8-2/h7-10,15-18,35-40,53-54H,11-14,19-34H2,1-6H3,(H,49,59)(H,50,60)(H,51,55)(H,52,56)(H,61,62)(H,63,64)/b9-7-,10-8-/t35-,36-,37-,38-,39?,40?/m1/s1. The Morgan fingerprint density at radius 3 is 1.31 bits per heavy atom. The molecule has 8 atom stereocenters. The molecule has 1 aromatic rings. The Labute approximate surface area is 434 Å². The van der Waals surface area contributed by atoms with Gasteiger partial charge in [0.1, 0.15) is 12.2 Å². The topological polar surface area (TPSA) is 339 Å². The molecule has 0 radical (unpaired) electrons. The lowest BCUT2D eigenvalue weighted by Crippen LogP contribution is -2.42. The Morgan fingerprint density at radius 2 is 0.959 bits per heavy atom. The SMILES string of the molecule is C/C=C\CCCC(=O)O[C@H](C)CC(=O)NC(COCC[C@@H](C)O)COP(=O)(O)OCCNC(=O)c1ccccc1C(=O)NCCOP(=O)(O)OCC(COCC[C@@H](C)O)NC(=O)C[C@@H](C)OC(=O)CCC/C=C\C. The normalized spacial score (nSPS) is 15.7. The van der Waals surface area contributed by atoms with Crippen LogP contribution in [0, 0.1) is 0 Å². The van der Waals surface area contributed by atoms with Crippen LogP contribution in [0.25, 0.3) is 0 Å². The maximum atomic E-state index is 13.1. The Hall–Kier alpha value is -4.42. The summed E-state index contributed by atoms with van der Waals surface area (Å²) in [6.45, 7) is 7.10. The first kappa shape index (κ1) is 67.6. The Bertz CT molecular complexity index is 1850. The van der Waals surface area contributed by atoms with E-state index in [2.05, 4.69) is 21.3 Å². The van der Waals surface area contributed by atoms with Crippen LogP contribution < -0.4 is 21.3 Å². The molecule has 0 aliphatic rings. The van der Waals surface area contributed by atoms with Crippen molar-refractivity contribution in [3.63, 3.8) is 0 Å². The minimum Gasteiger partial charge on any atom is -0.462 e. The summed E-state index contributed by atoms with van der Waals surface area (Å²) in [6.07, 6.45) is 7.87. The van der Waals surface area contributed by atoms with Crippen molar-refractivity contribution < 1.29 is 94.9 Å². The van der Waals surface area contributed by atoms with Crippen molar-refractivity contribution in [2.24, 2.45) is 0 Å². The van der Waals surface area contributed by atoms with Crippen molar-refractivity contribution in [1.29, 1.82) is 0 Å². The van der Waals surface area contributed by atoms with E-state index in [9.17, 15) is 57.9 Å². The number of esters is 2. The summed E-state index contributed by atoms with van der Waals surface area (Å²) in [4.78, 5) is 96.8. The van der Waals surface area contributed by atoms with Gasteiger partial charge in [-0.1, -0.05) is 36.4 Å². The second-order valence-electron chi connectivity index (χ2n) is 17.1. The lowest BCUT2D eigenvalue weighted by atomic mass is 10.1. The van der Waals surface area contributed by atoms with Crippen LogP contribution in [-0.4, -0.2) is 158 Å². The van der Waals surface area contributed by atoms with Crippen LogP contribution in [0.4, 0.5) is 0 Å². The quantitative estimate of drug-likeness (QED) is 0.0198. The first-order valence-corrected chi connectivity index (χ1v) is 27.7. The zero-order valence-electron chi connectivity index (χ0n) is 43.4. The van der Waals surface area contributed by atoms with Gasteiger partial charge in [0.25, 0.3) is 11.8 Å². The molecule has 4 unspecified atom stereocenters. The second-order valence-corrected chi connectivity index (χ2v) is 20.0. The fourth-order valence-corrected chi connectivity index (χ4v) is 7.72. The van der Waals surface area contributed by atoms with E-state index in [-0.39, 0.29) is 89.2 Å². The average molecular weight is 1100 g/mol. The van der Waals surface area contributed by atoms with E-state index in [4.69, 9.17) is 37.0 Å². The van der Waals surface area contributed by atoms with E-state index < -0.39 is 114 Å². The predicted octanol–water partition coefficient (Wildman–Crippen LogP) is 4.09. The molecule has 422 valence electrons. The highest BCUT2D eigenvalue weighted by Crippen LogP contribution is 2.43. The van der Waals surface area contributed by atoms with Crippen molar-refractivity contribution in [1.82, 2.24) is 21.3 Å². The predicted molar refractivity (Wildman–Crippen MR) is 270 cm³/mol. The smallest absolute Gasteiger partial charge is 0.462 e. The Kier molecular flexibility index (Phi) is 35.7. The van der Waals surface area contributed by atoms with Gasteiger partial charge in [0.05, 0.1) is 87.9 Å². The molecule has 24 nitrogen and oxygen atoms in total. The first-order chi connectivity index (χ1) is 35.1. The maximum absolute atomic E-state index is 13.1. The number of aliphatic hydroxyl groups is 2. The molecule has 0 aliphatic heterocycles. The second kappa shape index (κ2) is 39.0. The molecule has 0 saturated carbocycles. The number of phosphoric acid groups is 2. The van der Waals surface area contributed by atoms with Crippen molar-refractivity contribution in [2.45, 2.75) is 142 Å². The molecule has 26 heteroatoms. The number of hydrogen-bond donors (Lipinski definition) is 8. The molecule has 0 heterocycles. The van der Waals surface area contributed by atoms with Gasteiger partial charge in [-0.2, -0.15) is 0 Å². The molecular formula is C48H80N4O20P2. The number of amides is 4. The number of carbonyl (C=O) groups excluding carboxylic acids is 6. The third-order valence-corrected chi connectivity index (χ3v) is 11.9. The fourth-order valence-electron chi connectivity index (χ4n) is 6.19. The van der Waals surface area contributed by atoms with Gasteiger partial charge < -0.3 is 60.2 Å². The number of hydrogen-bond acceptors (Lipinski definition) is 18. The number of benzene rings is 1. The first-order valence-electron chi connectivity index (χ1n) is 24.7. The molecular weight excluding hydrogens is 1010 g/mol. The van der Waals surface area contributed by atoms with Crippen LogP contribution in [-0.2, 0) is 65.4 Å². The van der Waals surface area contributed by atoms with Gasteiger partial charge in [-0.3, -0.25) is 46.9 Å². The third-order valence-electron chi connectivity index (χ3n) is 9.89. The summed E-state index contributed by atoms with van der Waals surface area (Å²) in [6, 6.07) is 3.75. The summed E-state index contributed by atoms with van der Waals surface area (Å²) in [7, 11) is -9.54. The molecule has 1 aromatic carbocycles. The van der Waals surface area contributed by atoms with Gasteiger partial charge in [0.15, 0.2) is 0 Å². The summed E-state index contributed by atoms with van der Waals surface area (Å²) >= 11 is 0. The summed E-state index contributed by atoms with van der Waals surface area (Å²) in [5, 5.41) is 29.3. The highest BCUT2D eigenvalue weighted by Gasteiger charge is 2.28. The number of carbonyl (C=O) groups is 6. The number of ether oxygens (including phenoxy) is 4. The van der Waals surface area contributed by atoms with E-state index >= 15 is 0 Å². The van der Waals surface area contributed by atoms with Crippen molar-refractivity contribution in [3.05, 3.63) is 59.7 Å². The molecule has 1 rings (SSSR count). The zero-order chi connectivity index (χ0) is 55.4. The molecule has 4 amide bonds. The van der Waals surface area contributed by atoms with Crippen LogP contribution in [0.1, 0.15) is 126 Å². The van der Waals surface area contributed by atoms with E-state index in [0.717, 1.165) is 0 Å². The zero-order valence-corrected chi connectivity index (χ0v) is 45.2.